The molecule has 0 saturated carbocycles. The number of carbonyl (C=O) groups is 1. The number of nitrogens with one attached hydrogen (secondary N) is 1. The number of carbonyl (C=O) groups excluding carboxylic acids is 1. The molecule has 0 aliphatic rings. The molecule has 3 N–H and O–H groups in total. The van der Waals surface area contributed by atoms with Crippen molar-refractivity contribution in [2.75, 3.05) is 0 Å². The minimum atomic E-state index is -0.201. The number of hydrogen-bond acceptors (Lipinski definition) is 4. The molecule has 16 heavy (non-hydrogen) atoms. The van der Waals surface area contributed by atoms with Crippen LogP contribution in [-0.4, -0.2) is 11.2 Å². The topological polar surface area (TPSA) is 55.1 Å². The minimum Gasteiger partial charge on any atom is -0.289 e. The summed E-state index contributed by atoms with van der Waals surface area (Å²) in [5, 5.41) is 0.658. The molecule has 0 fully saturated rings. The smallest absolute Gasteiger partial charge is 0.275 e. The second kappa shape index (κ2) is 6.27. The molecule has 1 amide bonds. The lowest BCUT2D eigenvalue weighted by Gasteiger charge is -2.06. The molecule has 0 saturated heterocycles. The lowest BCUT2D eigenvalue weighted by atomic mass is 10.3. The molecule has 1 aromatic heterocycles. The molecule has 5 heteroatoms. The van der Waals surface area contributed by atoms with Crippen LogP contribution >= 0.6 is 23.1 Å². The van der Waals surface area contributed by atoms with E-state index in [-0.39, 0.29) is 5.91 Å². The molecule has 1 heterocycles. The number of rotatable bonds is 5. The molecule has 90 valence electrons. The maximum absolute atomic E-state index is 11.3. The first-order valence-corrected chi connectivity index (χ1v) is 7.16. The fraction of sp³-hybridized carbons (Fsp3) is 0.545. The van der Waals surface area contributed by atoms with Crippen molar-refractivity contribution in [2.24, 2.45) is 5.84 Å². The summed E-state index contributed by atoms with van der Waals surface area (Å²) in [5.41, 5.74) is 3.41. The Hall–Kier alpha value is -0.520. The lowest BCUT2D eigenvalue weighted by Crippen LogP contribution is -2.29. The second-order valence-corrected chi connectivity index (χ2v) is 6.38. The predicted octanol–water partition coefficient (Wildman–Crippen LogP) is 2.69. The van der Waals surface area contributed by atoms with Crippen LogP contribution in [0.4, 0.5) is 0 Å². The molecular weight excluding hydrogens is 240 g/mol. The van der Waals surface area contributed by atoms with Crippen molar-refractivity contribution in [1.82, 2.24) is 5.43 Å². The standard InChI is InChI=1S/C11H18N2OS2/c1-4-7(2)15-6-9-5-10(11(14)13-12)16-8(9)3/h5,7H,4,6,12H2,1-3H3,(H,13,14). The zero-order valence-corrected chi connectivity index (χ0v) is 11.5. The number of thioether (sulfide) groups is 1. The number of hydrogen-bond donors (Lipinski definition) is 2. The maximum Gasteiger partial charge on any atom is 0.275 e. The summed E-state index contributed by atoms with van der Waals surface area (Å²) in [6, 6.07) is 1.94. The van der Waals surface area contributed by atoms with E-state index < -0.39 is 0 Å². The largest absolute Gasteiger partial charge is 0.289 e. The van der Waals surface area contributed by atoms with Gasteiger partial charge in [-0.15, -0.1) is 11.3 Å². The summed E-state index contributed by atoms with van der Waals surface area (Å²) in [5.74, 6) is 5.88. The number of hydrazine groups is 1. The Morgan fingerprint density at radius 1 is 1.69 bits per heavy atom. The number of nitrogen functional groups attached to an aromatic ring is 1. The van der Waals surface area contributed by atoms with Gasteiger partial charge in [-0.2, -0.15) is 11.8 Å². The zero-order chi connectivity index (χ0) is 12.1. The highest BCUT2D eigenvalue weighted by Gasteiger charge is 2.11. The molecule has 1 aromatic rings. The Kier molecular flexibility index (Phi) is 5.31. The first-order chi connectivity index (χ1) is 7.58. The van der Waals surface area contributed by atoms with Gasteiger partial charge in [0, 0.05) is 15.9 Å². The third-order valence-corrected chi connectivity index (χ3v) is 4.95. The van der Waals surface area contributed by atoms with E-state index in [4.69, 9.17) is 5.84 Å². The molecule has 1 unspecified atom stereocenters. The first kappa shape index (κ1) is 13.5. The summed E-state index contributed by atoms with van der Waals surface area (Å²) in [7, 11) is 0. The summed E-state index contributed by atoms with van der Waals surface area (Å²) < 4.78 is 0. The Morgan fingerprint density at radius 3 is 2.94 bits per heavy atom. The predicted molar refractivity (Wildman–Crippen MR) is 71.8 cm³/mol. The Balaban J connectivity index is 2.67. The van der Waals surface area contributed by atoms with Crippen molar-refractivity contribution in [2.45, 2.75) is 38.2 Å². The molecule has 0 aromatic carbocycles. The number of thiophene rings is 1. The van der Waals surface area contributed by atoms with E-state index >= 15 is 0 Å². The summed E-state index contributed by atoms with van der Waals surface area (Å²) in [6.07, 6.45) is 1.17. The van der Waals surface area contributed by atoms with E-state index in [2.05, 4.69) is 19.3 Å². The van der Waals surface area contributed by atoms with Crippen molar-refractivity contribution in [1.29, 1.82) is 0 Å². The van der Waals surface area contributed by atoms with E-state index in [1.54, 1.807) is 0 Å². The van der Waals surface area contributed by atoms with Gasteiger partial charge in [-0.05, 0) is 25.0 Å². The van der Waals surface area contributed by atoms with Gasteiger partial charge in [0.2, 0.25) is 0 Å². The van der Waals surface area contributed by atoms with E-state index in [0.29, 0.717) is 10.1 Å². The summed E-state index contributed by atoms with van der Waals surface area (Å²) >= 11 is 3.42. The van der Waals surface area contributed by atoms with E-state index in [0.717, 1.165) is 5.75 Å². The van der Waals surface area contributed by atoms with Crippen LogP contribution in [0.3, 0.4) is 0 Å². The number of nitrogens with two attached hydrogens (primary N) is 1. The SMILES string of the molecule is CCC(C)SCc1cc(C(=O)NN)sc1C. The molecule has 0 bridgehead atoms. The van der Waals surface area contributed by atoms with Crippen molar-refractivity contribution in [3.8, 4) is 0 Å². The maximum atomic E-state index is 11.3. The Labute approximate surface area is 105 Å². The monoisotopic (exact) mass is 258 g/mol. The zero-order valence-electron chi connectivity index (χ0n) is 9.87. The van der Waals surface area contributed by atoms with Crippen molar-refractivity contribution < 1.29 is 4.79 Å². The van der Waals surface area contributed by atoms with Crippen molar-refractivity contribution in [3.63, 3.8) is 0 Å². The van der Waals surface area contributed by atoms with Crippen LogP contribution < -0.4 is 11.3 Å². The fourth-order valence-electron chi connectivity index (χ4n) is 1.20. The third kappa shape index (κ3) is 3.50. The summed E-state index contributed by atoms with van der Waals surface area (Å²) in [6.45, 7) is 6.45. The van der Waals surface area contributed by atoms with Crippen LogP contribution in [0.2, 0.25) is 0 Å². The van der Waals surface area contributed by atoms with E-state index in [1.807, 2.05) is 24.8 Å². The molecule has 0 radical (unpaired) electrons. The van der Waals surface area contributed by atoms with Crippen molar-refractivity contribution >= 4 is 29.0 Å². The normalized spacial score (nSPS) is 12.5. The number of aryl methyl sites for hydroxylation is 1. The molecule has 0 spiro atoms. The molecule has 1 rings (SSSR count). The van der Waals surface area contributed by atoms with Crippen LogP contribution in [0, 0.1) is 6.92 Å². The van der Waals surface area contributed by atoms with Crippen LogP contribution in [0.15, 0.2) is 6.07 Å². The van der Waals surface area contributed by atoms with Gasteiger partial charge in [-0.3, -0.25) is 10.2 Å². The van der Waals surface area contributed by atoms with Gasteiger partial charge in [0.1, 0.15) is 0 Å². The number of amides is 1. The molecule has 3 nitrogen and oxygen atoms in total. The van der Waals surface area contributed by atoms with Gasteiger partial charge in [-0.25, -0.2) is 5.84 Å². The molecule has 1 atom stereocenters. The second-order valence-electron chi connectivity index (χ2n) is 3.70. The third-order valence-electron chi connectivity index (χ3n) is 2.47. The van der Waals surface area contributed by atoms with Gasteiger partial charge >= 0.3 is 0 Å². The van der Waals surface area contributed by atoms with Crippen LogP contribution in [0.25, 0.3) is 0 Å². The Morgan fingerprint density at radius 2 is 2.38 bits per heavy atom. The molecular formula is C11H18N2OS2. The van der Waals surface area contributed by atoms with Gasteiger partial charge in [0.25, 0.3) is 5.91 Å². The minimum absolute atomic E-state index is 0.201. The Bertz CT molecular complexity index is 363. The van der Waals surface area contributed by atoms with E-state index in [1.165, 1.54) is 28.2 Å². The van der Waals surface area contributed by atoms with Crippen molar-refractivity contribution in [3.05, 3.63) is 21.4 Å². The average molecular weight is 258 g/mol. The fourth-order valence-corrected chi connectivity index (χ4v) is 3.23. The van der Waals surface area contributed by atoms with Gasteiger partial charge in [0.15, 0.2) is 0 Å². The van der Waals surface area contributed by atoms with Gasteiger partial charge in [-0.1, -0.05) is 13.8 Å². The highest BCUT2D eigenvalue weighted by Crippen LogP contribution is 2.27. The quantitative estimate of drug-likeness (QED) is 0.485. The highest BCUT2D eigenvalue weighted by molar-refractivity contribution is 7.99. The van der Waals surface area contributed by atoms with Crippen LogP contribution in [0.5, 0.6) is 0 Å². The first-order valence-electron chi connectivity index (χ1n) is 5.30. The van der Waals surface area contributed by atoms with Gasteiger partial charge < -0.3 is 0 Å². The molecule has 0 aliphatic carbocycles. The highest BCUT2D eigenvalue weighted by atomic mass is 32.2. The van der Waals surface area contributed by atoms with Crippen LogP contribution in [0.1, 0.15) is 40.4 Å². The van der Waals surface area contributed by atoms with Gasteiger partial charge in [0.05, 0.1) is 4.88 Å². The van der Waals surface area contributed by atoms with Crippen LogP contribution in [-0.2, 0) is 5.75 Å². The molecule has 0 aliphatic heterocycles. The lowest BCUT2D eigenvalue weighted by molar-refractivity contribution is 0.0957. The summed E-state index contributed by atoms with van der Waals surface area (Å²) in [4.78, 5) is 13.2. The average Bonchev–Trinajstić information content (AvgIpc) is 2.66. The van der Waals surface area contributed by atoms with E-state index in [9.17, 15) is 4.79 Å².